The van der Waals surface area contributed by atoms with Crippen LogP contribution in [0, 0.1) is 0 Å². The van der Waals surface area contributed by atoms with Gasteiger partial charge in [-0.1, -0.05) is 0 Å². The van der Waals surface area contributed by atoms with E-state index in [4.69, 9.17) is 0 Å². The molecule has 18 heavy (non-hydrogen) atoms. The molecule has 1 fully saturated rings. The first kappa shape index (κ1) is 11.7. The van der Waals surface area contributed by atoms with Crippen LogP contribution in [0.2, 0.25) is 0 Å². The summed E-state index contributed by atoms with van der Waals surface area (Å²) in [5.74, 6) is 0.520. The summed E-state index contributed by atoms with van der Waals surface area (Å²) >= 11 is 1.67. The van der Waals surface area contributed by atoms with Gasteiger partial charge in [0.1, 0.15) is 0 Å². The molecule has 0 aliphatic carbocycles. The largest absolute Gasteiger partial charge is 0.297 e. The summed E-state index contributed by atoms with van der Waals surface area (Å²) < 4.78 is 0. The van der Waals surface area contributed by atoms with Crippen LogP contribution in [0.3, 0.4) is 0 Å². The highest BCUT2D eigenvalue weighted by atomic mass is 32.1. The molecule has 0 bridgehead atoms. The fourth-order valence-electron chi connectivity index (χ4n) is 2.51. The Kier molecular flexibility index (Phi) is 3.61. The lowest BCUT2D eigenvalue weighted by atomic mass is 9.95. The highest BCUT2D eigenvalue weighted by Gasteiger charge is 2.22. The summed E-state index contributed by atoms with van der Waals surface area (Å²) in [7, 11) is 0. The van der Waals surface area contributed by atoms with Crippen LogP contribution in [0.15, 0.2) is 29.5 Å². The Morgan fingerprint density at radius 1 is 1.33 bits per heavy atom. The number of likely N-dealkylation sites (tertiary alicyclic amines) is 1. The van der Waals surface area contributed by atoms with Crippen molar-refractivity contribution in [2.75, 3.05) is 13.1 Å². The lowest BCUT2D eigenvalue weighted by molar-refractivity contribution is 0.196. The number of piperidine rings is 1. The number of hydrogen-bond donors (Lipinski definition) is 0. The zero-order valence-corrected chi connectivity index (χ0v) is 11.0. The van der Waals surface area contributed by atoms with E-state index in [0.29, 0.717) is 5.92 Å². The van der Waals surface area contributed by atoms with Crippen LogP contribution in [-0.4, -0.2) is 32.9 Å². The summed E-state index contributed by atoms with van der Waals surface area (Å²) in [6.45, 7) is 3.19. The molecule has 1 unspecified atom stereocenters. The average molecular weight is 260 g/mol. The maximum atomic E-state index is 4.43. The van der Waals surface area contributed by atoms with Gasteiger partial charge in [-0.05, 0) is 19.4 Å². The minimum absolute atomic E-state index is 0.520. The van der Waals surface area contributed by atoms with Crippen molar-refractivity contribution in [3.63, 3.8) is 0 Å². The molecule has 1 aliphatic heterocycles. The molecule has 94 valence electrons. The maximum Gasteiger partial charge on any atom is 0.0795 e. The van der Waals surface area contributed by atoms with Crippen LogP contribution >= 0.6 is 11.3 Å². The first-order chi connectivity index (χ1) is 8.92. The van der Waals surface area contributed by atoms with E-state index in [0.717, 1.165) is 25.3 Å². The molecule has 0 radical (unpaired) electrons. The Morgan fingerprint density at radius 3 is 3.11 bits per heavy atom. The fraction of sp³-hybridized carbons (Fsp3) is 0.462. The predicted octanol–water partition coefficient (Wildman–Crippen LogP) is 2.31. The zero-order valence-electron chi connectivity index (χ0n) is 10.2. The van der Waals surface area contributed by atoms with Crippen molar-refractivity contribution in [1.82, 2.24) is 19.9 Å². The fourth-order valence-corrected chi connectivity index (χ4v) is 3.06. The standard InChI is InChI=1S/C13H16N4S/c1-2-11(13-6-14-3-4-15-13)7-17(5-1)8-12-9-18-10-16-12/h3-4,6,9-11H,1-2,5,7-8H2. The molecule has 5 heteroatoms. The van der Waals surface area contributed by atoms with Gasteiger partial charge >= 0.3 is 0 Å². The molecule has 3 heterocycles. The second-order valence-electron chi connectivity index (χ2n) is 4.68. The second kappa shape index (κ2) is 5.54. The van der Waals surface area contributed by atoms with E-state index in [1.165, 1.54) is 18.5 Å². The third-order valence-electron chi connectivity index (χ3n) is 3.38. The van der Waals surface area contributed by atoms with E-state index in [-0.39, 0.29) is 0 Å². The lowest BCUT2D eigenvalue weighted by Crippen LogP contribution is -2.34. The summed E-state index contributed by atoms with van der Waals surface area (Å²) in [5, 5.41) is 2.13. The van der Waals surface area contributed by atoms with Crippen molar-refractivity contribution in [3.8, 4) is 0 Å². The molecule has 0 spiro atoms. The van der Waals surface area contributed by atoms with Crippen molar-refractivity contribution in [2.45, 2.75) is 25.3 Å². The first-order valence-electron chi connectivity index (χ1n) is 6.27. The number of aromatic nitrogens is 3. The van der Waals surface area contributed by atoms with Crippen LogP contribution in [0.25, 0.3) is 0 Å². The van der Waals surface area contributed by atoms with Gasteiger partial charge in [0.25, 0.3) is 0 Å². The van der Waals surface area contributed by atoms with Crippen LogP contribution < -0.4 is 0 Å². The Morgan fingerprint density at radius 2 is 2.33 bits per heavy atom. The molecule has 1 saturated heterocycles. The lowest BCUT2D eigenvalue weighted by Gasteiger charge is -2.31. The summed E-state index contributed by atoms with van der Waals surface area (Å²) in [6.07, 6.45) is 7.86. The van der Waals surface area contributed by atoms with Crippen LogP contribution in [0.1, 0.15) is 30.1 Å². The summed E-state index contributed by atoms with van der Waals surface area (Å²) in [6, 6.07) is 0. The monoisotopic (exact) mass is 260 g/mol. The van der Waals surface area contributed by atoms with Gasteiger partial charge in [-0.2, -0.15) is 0 Å². The maximum absolute atomic E-state index is 4.43. The van der Waals surface area contributed by atoms with Crippen molar-refractivity contribution >= 4 is 11.3 Å². The van der Waals surface area contributed by atoms with Gasteiger partial charge in [0.15, 0.2) is 0 Å². The Balaban J connectivity index is 1.65. The Labute approximate surface area is 111 Å². The number of hydrogen-bond acceptors (Lipinski definition) is 5. The van der Waals surface area contributed by atoms with Gasteiger partial charge in [0.2, 0.25) is 0 Å². The number of thiazole rings is 1. The van der Waals surface area contributed by atoms with Gasteiger partial charge in [-0.25, -0.2) is 4.98 Å². The third kappa shape index (κ3) is 2.73. The molecule has 0 N–H and O–H groups in total. The quantitative estimate of drug-likeness (QED) is 0.849. The smallest absolute Gasteiger partial charge is 0.0795 e. The molecule has 2 aromatic rings. The highest BCUT2D eigenvalue weighted by Crippen LogP contribution is 2.25. The summed E-state index contributed by atoms with van der Waals surface area (Å²) in [4.78, 5) is 15.4. The molecule has 4 nitrogen and oxygen atoms in total. The van der Waals surface area contributed by atoms with E-state index >= 15 is 0 Å². The molecule has 0 amide bonds. The van der Waals surface area contributed by atoms with E-state index in [2.05, 4.69) is 25.2 Å². The van der Waals surface area contributed by atoms with Gasteiger partial charge < -0.3 is 0 Å². The molecule has 2 aromatic heterocycles. The van der Waals surface area contributed by atoms with Crippen LogP contribution in [-0.2, 0) is 6.54 Å². The van der Waals surface area contributed by atoms with Crippen molar-refractivity contribution in [2.24, 2.45) is 0 Å². The van der Waals surface area contributed by atoms with E-state index < -0.39 is 0 Å². The minimum Gasteiger partial charge on any atom is -0.297 e. The molecule has 0 aromatic carbocycles. The number of nitrogens with zero attached hydrogens (tertiary/aromatic N) is 4. The molecular weight excluding hydrogens is 244 g/mol. The summed E-state index contributed by atoms with van der Waals surface area (Å²) in [5.41, 5.74) is 4.21. The Hall–Kier alpha value is -1.33. The van der Waals surface area contributed by atoms with Crippen LogP contribution in [0.4, 0.5) is 0 Å². The van der Waals surface area contributed by atoms with Gasteiger partial charge in [0.05, 0.1) is 16.9 Å². The molecular formula is C13H16N4S. The zero-order chi connectivity index (χ0) is 12.2. The molecule has 3 rings (SSSR count). The molecule has 1 atom stereocenters. The topological polar surface area (TPSA) is 41.9 Å². The average Bonchev–Trinajstić information content (AvgIpc) is 2.93. The van der Waals surface area contributed by atoms with Crippen LogP contribution in [0.5, 0.6) is 0 Å². The Bertz CT molecular complexity index is 471. The van der Waals surface area contributed by atoms with E-state index in [1.54, 1.807) is 23.7 Å². The number of rotatable bonds is 3. The normalized spacial score (nSPS) is 21.0. The third-order valence-corrected chi connectivity index (χ3v) is 4.01. The van der Waals surface area contributed by atoms with Crippen molar-refractivity contribution in [1.29, 1.82) is 0 Å². The second-order valence-corrected chi connectivity index (χ2v) is 5.40. The first-order valence-corrected chi connectivity index (χ1v) is 7.21. The van der Waals surface area contributed by atoms with Gasteiger partial charge in [0, 0.05) is 43.0 Å². The van der Waals surface area contributed by atoms with Crippen molar-refractivity contribution in [3.05, 3.63) is 40.9 Å². The van der Waals surface area contributed by atoms with Gasteiger partial charge in [-0.3, -0.25) is 14.9 Å². The minimum atomic E-state index is 0.520. The van der Waals surface area contributed by atoms with Crippen molar-refractivity contribution < 1.29 is 0 Å². The van der Waals surface area contributed by atoms with E-state index in [9.17, 15) is 0 Å². The predicted molar refractivity (Wildman–Crippen MR) is 71.4 cm³/mol. The molecule has 1 aliphatic rings. The van der Waals surface area contributed by atoms with E-state index in [1.807, 2.05) is 11.7 Å². The SMILES string of the molecule is c1cnc(C2CCCN(Cc3cscn3)C2)cn1. The highest BCUT2D eigenvalue weighted by molar-refractivity contribution is 7.07. The van der Waals surface area contributed by atoms with Gasteiger partial charge in [-0.15, -0.1) is 11.3 Å². The molecule has 0 saturated carbocycles.